The van der Waals surface area contributed by atoms with Gasteiger partial charge in [0.05, 0.1) is 12.2 Å². The molecule has 1 N–H and O–H groups in total. The molecule has 3 heterocycles. The van der Waals surface area contributed by atoms with Crippen LogP contribution in [0.5, 0.6) is 0 Å². The number of hydrogen-bond donors (Lipinski definition) is 1. The Hall–Kier alpha value is -0.870. The molecule has 4 nitrogen and oxygen atoms in total. The third-order valence-electron chi connectivity index (χ3n) is 3.91. The third-order valence-corrected chi connectivity index (χ3v) is 3.91. The summed E-state index contributed by atoms with van der Waals surface area (Å²) >= 11 is 0. The molecule has 0 aliphatic carbocycles. The van der Waals surface area contributed by atoms with Gasteiger partial charge in [0.25, 0.3) is 0 Å². The van der Waals surface area contributed by atoms with Crippen molar-refractivity contribution in [1.82, 2.24) is 10.2 Å². The normalized spacial score (nSPS) is 28.4. The van der Waals surface area contributed by atoms with E-state index in [0.717, 1.165) is 13.1 Å². The summed E-state index contributed by atoms with van der Waals surface area (Å²) in [4.78, 5) is 14.4. The lowest BCUT2D eigenvalue weighted by Crippen LogP contribution is -2.60. The minimum atomic E-state index is -0.0254. The molecule has 3 aliphatic rings. The maximum absolute atomic E-state index is 12.1. The number of carbonyl (C=O) groups is 1. The molecule has 3 rings (SSSR count). The van der Waals surface area contributed by atoms with Crippen molar-refractivity contribution in [3.05, 3.63) is 12.2 Å². The monoisotopic (exact) mass is 266 g/mol. The molecule has 3 fully saturated rings. The van der Waals surface area contributed by atoms with Crippen molar-refractivity contribution in [1.29, 1.82) is 0 Å². The first-order valence-electron chi connectivity index (χ1n) is 7.13. The van der Waals surface area contributed by atoms with Crippen molar-refractivity contribution in [3.8, 4) is 0 Å². The average molecular weight is 266 g/mol. The summed E-state index contributed by atoms with van der Waals surface area (Å²) in [7, 11) is 0. The van der Waals surface area contributed by atoms with E-state index < -0.39 is 0 Å². The second-order valence-corrected chi connectivity index (χ2v) is 7.01. The van der Waals surface area contributed by atoms with Crippen LogP contribution in [0.1, 0.15) is 34.1 Å². The van der Waals surface area contributed by atoms with Crippen molar-refractivity contribution in [2.45, 2.75) is 52.4 Å². The smallest absolute Gasteiger partial charge is 0.248 e. The van der Waals surface area contributed by atoms with Gasteiger partial charge in [0.2, 0.25) is 5.91 Å². The Kier molecular flexibility index (Phi) is 4.02. The van der Waals surface area contributed by atoms with E-state index in [0.29, 0.717) is 24.3 Å². The molecule has 0 saturated carbocycles. The van der Waals surface area contributed by atoms with Gasteiger partial charge in [-0.25, -0.2) is 0 Å². The highest BCUT2D eigenvalue weighted by atomic mass is 16.5. The summed E-state index contributed by atoms with van der Waals surface area (Å²) in [5.74, 6) is -0.0254. The molecule has 2 bridgehead atoms. The summed E-state index contributed by atoms with van der Waals surface area (Å²) in [6, 6.07) is 0.0918. The molecule has 4 heteroatoms. The lowest BCUT2D eigenvalue weighted by atomic mass is 9.95. The van der Waals surface area contributed by atoms with Gasteiger partial charge >= 0.3 is 0 Å². The van der Waals surface area contributed by atoms with E-state index in [2.05, 4.69) is 44.5 Å². The predicted molar refractivity (Wildman–Crippen MR) is 75.9 cm³/mol. The van der Waals surface area contributed by atoms with Crippen LogP contribution in [-0.2, 0) is 9.53 Å². The highest BCUT2D eigenvalue weighted by Gasteiger charge is 2.40. The number of fused-ring (bicyclic) bond motifs is 2. The van der Waals surface area contributed by atoms with E-state index in [1.54, 1.807) is 0 Å². The van der Waals surface area contributed by atoms with E-state index in [9.17, 15) is 4.79 Å². The standard InChI is InChI=1S/C15H26N2O2/c1-10(14(18)16-9-15(3,4)5)11(2)17-7-12-6-13(8-17)19-12/h11-13H,1,6-9H2,2-5H3,(H,16,18). The van der Waals surface area contributed by atoms with Crippen molar-refractivity contribution in [2.75, 3.05) is 19.6 Å². The Morgan fingerprint density at radius 2 is 1.95 bits per heavy atom. The second-order valence-electron chi connectivity index (χ2n) is 7.01. The van der Waals surface area contributed by atoms with Crippen LogP contribution in [-0.4, -0.2) is 48.7 Å². The summed E-state index contributed by atoms with van der Waals surface area (Å²) in [6.07, 6.45) is 1.91. The molecular formula is C15H26N2O2. The van der Waals surface area contributed by atoms with Crippen LogP contribution >= 0.6 is 0 Å². The van der Waals surface area contributed by atoms with E-state index in [-0.39, 0.29) is 17.4 Å². The van der Waals surface area contributed by atoms with Gasteiger partial charge in [0.1, 0.15) is 0 Å². The van der Waals surface area contributed by atoms with Crippen LogP contribution < -0.4 is 5.32 Å². The van der Waals surface area contributed by atoms with E-state index >= 15 is 0 Å². The highest BCUT2D eigenvalue weighted by Crippen LogP contribution is 2.30. The third kappa shape index (κ3) is 3.57. The SMILES string of the molecule is C=C(C(=O)NCC(C)(C)C)C(C)N1CC2CC(C1)O2. The molecule has 3 unspecified atom stereocenters. The van der Waals surface area contributed by atoms with Gasteiger partial charge in [-0.05, 0) is 12.3 Å². The van der Waals surface area contributed by atoms with Crippen LogP contribution in [0.3, 0.4) is 0 Å². The minimum absolute atomic E-state index is 0.0254. The summed E-state index contributed by atoms with van der Waals surface area (Å²) in [6.45, 7) is 14.9. The zero-order valence-corrected chi connectivity index (χ0v) is 12.5. The van der Waals surface area contributed by atoms with Crippen LogP contribution in [0.2, 0.25) is 0 Å². The number of rotatable bonds is 4. The lowest BCUT2D eigenvalue weighted by molar-refractivity contribution is -0.185. The number of nitrogens with zero attached hydrogens (tertiary/aromatic N) is 1. The molecular weight excluding hydrogens is 240 g/mol. The topological polar surface area (TPSA) is 41.6 Å². The van der Waals surface area contributed by atoms with Gasteiger partial charge in [0, 0.05) is 37.7 Å². The number of nitrogens with one attached hydrogen (secondary N) is 1. The van der Waals surface area contributed by atoms with Gasteiger partial charge in [-0.3, -0.25) is 9.69 Å². The van der Waals surface area contributed by atoms with Crippen molar-refractivity contribution >= 4 is 5.91 Å². The molecule has 0 radical (unpaired) electrons. The van der Waals surface area contributed by atoms with Gasteiger partial charge < -0.3 is 10.1 Å². The van der Waals surface area contributed by atoms with Crippen molar-refractivity contribution in [2.24, 2.45) is 5.41 Å². The van der Waals surface area contributed by atoms with Crippen LogP contribution in [0.4, 0.5) is 0 Å². The lowest BCUT2D eigenvalue weighted by Gasteiger charge is -2.49. The van der Waals surface area contributed by atoms with Gasteiger partial charge in [-0.2, -0.15) is 0 Å². The molecule has 3 atom stereocenters. The van der Waals surface area contributed by atoms with Crippen molar-refractivity contribution < 1.29 is 9.53 Å². The van der Waals surface area contributed by atoms with Crippen LogP contribution in [0.15, 0.2) is 12.2 Å². The maximum atomic E-state index is 12.1. The Bertz CT molecular complexity index is 357. The maximum Gasteiger partial charge on any atom is 0.248 e. The molecule has 0 aromatic rings. The van der Waals surface area contributed by atoms with E-state index in [1.807, 2.05) is 0 Å². The number of amides is 1. The molecule has 0 aromatic carbocycles. The Morgan fingerprint density at radius 1 is 1.42 bits per heavy atom. The van der Waals surface area contributed by atoms with Gasteiger partial charge in [-0.1, -0.05) is 27.4 Å². The summed E-state index contributed by atoms with van der Waals surface area (Å²) < 4.78 is 5.62. The first-order valence-corrected chi connectivity index (χ1v) is 7.13. The first kappa shape index (κ1) is 14.5. The van der Waals surface area contributed by atoms with Crippen LogP contribution in [0.25, 0.3) is 0 Å². The second kappa shape index (κ2) is 5.25. The summed E-state index contributed by atoms with van der Waals surface area (Å²) in [5.41, 5.74) is 0.755. The highest BCUT2D eigenvalue weighted by molar-refractivity contribution is 5.93. The van der Waals surface area contributed by atoms with Crippen LogP contribution in [0, 0.1) is 5.41 Å². The molecule has 0 spiro atoms. The van der Waals surface area contributed by atoms with E-state index in [1.165, 1.54) is 6.42 Å². The molecule has 3 saturated heterocycles. The fourth-order valence-electron chi connectivity index (χ4n) is 2.57. The predicted octanol–water partition coefficient (Wildman–Crippen LogP) is 1.57. The molecule has 108 valence electrons. The molecule has 1 amide bonds. The zero-order chi connectivity index (χ0) is 14.2. The van der Waals surface area contributed by atoms with Crippen molar-refractivity contribution in [3.63, 3.8) is 0 Å². The largest absolute Gasteiger partial charge is 0.372 e. The quantitative estimate of drug-likeness (QED) is 0.785. The number of carbonyl (C=O) groups excluding carboxylic acids is 1. The number of ether oxygens (including phenoxy) is 1. The van der Waals surface area contributed by atoms with E-state index in [4.69, 9.17) is 4.74 Å². The zero-order valence-electron chi connectivity index (χ0n) is 12.5. The minimum Gasteiger partial charge on any atom is -0.372 e. The Balaban J connectivity index is 1.83. The number of hydrogen-bond acceptors (Lipinski definition) is 3. The Labute approximate surface area is 116 Å². The number of morpholine rings is 1. The van der Waals surface area contributed by atoms with Gasteiger partial charge in [-0.15, -0.1) is 0 Å². The fourth-order valence-corrected chi connectivity index (χ4v) is 2.57. The first-order chi connectivity index (χ1) is 8.76. The Morgan fingerprint density at radius 3 is 2.42 bits per heavy atom. The number of piperidine rings is 1. The molecule has 0 aromatic heterocycles. The molecule has 3 aliphatic heterocycles. The summed E-state index contributed by atoms with van der Waals surface area (Å²) in [5, 5.41) is 2.97. The fraction of sp³-hybridized carbons (Fsp3) is 0.800. The average Bonchev–Trinajstić information content (AvgIpc) is 2.32. The van der Waals surface area contributed by atoms with Gasteiger partial charge in [0.15, 0.2) is 0 Å². The molecule has 19 heavy (non-hydrogen) atoms.